The van der Waals surface area contributed by atoms with Crippen molar-refractivity contribution in [2.75, 3.05) is 0 Å². The number of nitrogens with zero attached hydrogens (tertiary/aromatic N) is 2. The molecule has 0 aliphatic carbocycles. The fourth-order valence-corrected chi connectivity index (χ4v) is 3.17. The van der Waals surface area contributed by atoms with Crippen molar-refractivity contribution < 1.29 is 4.79 Å². The van der Waals surface area contributed by atoms with Gasteiger partial charge in [-0.15, -0.1) is 0 Å². The number of nitrogens with one attached hydrogen (secondary N) is 2. The summed E-state index contributed by atoms with van der Waals surface area (Å²) in [6.45, 7) is 6.17. The molecule has 0 bridgehead atoms. The van der Waals surface area contributed by atoms with Crippen LogP contribution in [0.5, 0.6) is 0 Å². The Bertz CT molecular complexity index is 972. The van der Waals surface area contributed by atoms with Gasteiger partial charge >= 0.3 is 0 Å². The molecule has 0 saturated carbocycles. The summed E-state index contributed by atoms with van der Waals surface area (Å²) in [5.41, 5.74) is 4.35. The fourth-order valence-electron chi connectivity index (χ4n) is 2.97. The Labute approximate surface area is 158 Å². The number of carbonyl (C=O) groups excluding carboxylic acids is 1. The second kappa shape index (κ2) is 7.66. The van der Waals surface area contributed by atoms with Crippen molar-refractivity contribution in [3.63, 3.8) is 0 Å². The molecule has 0 aliphatic rings. The van der Waals surface area contributed by atoms with Crippen LogP contribution in [0.15, 0.2) is 48.5 Å². The summed E-state index contributed by atoms with van der Waals surface area (Å²) in [5.74, 6) is 0.556. The van der Waals surface area contributed by atoms with Crippen LogP contribution < -0.4 is 5.32 Å². The average molecular weight is 366 g/mol. The molecule has 2 N–H and O–H groups in total. The lowest BCUT2D eigenvalue weighted by atomic mass is 10.0. The quantitative estimate of drug-likeness (QED) is 0.668. The Morgan fingerprint density at radius 3 is 2.58 bits per heavy atom. The van der Waals surface area contributed by atoms with E-state index in [1.54, 1.807) is 4.57 Å². The second-order valence-corrected chi connectivity index (χ2v) is 6.84. The van der Waals surface area contributed by atoms with Gasteiger partial charge in [-0.25, -0.2) is 0 Å². The van der Waals surface area contributed by atoms with Crippen LogP contribution in [0.2, 0.25) is 0 Å². The monoisotopic (exact) mass is 366 g/mol. The highest BCUT2D eigenvalue weighted by Gasteiger charge is 2.15. The van der Waals surface area contributed by atoms with Crippen LogP contribution >= 0.6 is 12.2 Å². The maximum absolute atomic E-state index is 12.6. The summed E-state index contributed by atoms with van der Waals surface area (Å²) in [6, 6.07) is 15.9. The first kappa shape index (κ1) is 18.1. The molecule has 26 heavy (non-hydrogen) atoms. The highest BCUT2D eigenvalue weighted by Crippen LogP contribution is 2.19. The van der Waals surface area contributed by atoms with Crippen LogP contribution in [-0.4, -0.2) is 20.7 Å². The van der Waals surface area contributed by atoms with E-state index in [0.29, 0.717) is 10.6 Å². The van der Waals surface area contributed by atoms with Crippen molar-refractivity contribution in [1.29, 1.82) is 0 Å². The van der Waals surface area contributed by atoms with E-state index in [1.807, 2.05) is 69.3 Å². The third-order valence-corrected chi connectivity index (χ3v) is 4.71. The van der Waals surface area contributed by atoms with Crippen molar-refractivity contribution in [2.45, 2.75) is 33.4 Å². The maximum Gasteiger partial charge on any atom is 0.240 e. The molecule has 6 heteroatoms. The lowest BCUT2D eigenvalue weighted by Crippen LogP contribution is -2.30. The van der Waals surface area contributed by atoms with Gasteiger partial charge in [0.15, 0.2) is 10.6 Å². The van der Waals surface area contributed by atoms with Crippen LogP contribution in [0, 0.1) is 18.6 Å². The molecule has 1 heterocycles. The number of rotatable bonds is 5. The maximum atomic E-state index is 12.6. The van der Waals surface area contributed by atoms with Crippen LogP contribution in [0.3, 0.4) is 0 Å². The number of hydrogen-bond donors (Lipinski definition) is 2. The Morgan fingerprint density at radius 2 is 1.88 bits per heavy atom. The van der Waals surface area contributed by atoms with E-state index in [4.69, 9.17) is 12.2 Å². The predicted octanol–water partition coefficient (Wildman–Crippen LogP) is 4.10. The van der Waals surface area contributed by atoms with Crippen molar-refractivity contribution in [1.82, 2.24) is 20.1 Å². The minimum absolute atomic E-state index is 0.0763. The number of aromatic nitrogens is 3. The highest BCUT2D eigenvalue weighted by atomic mass is 32.1. The Balaban J connectivity index is 1.78. The van der Waals surface area contributed by atoms with Crippen molar-refractivity contribution >= 4 is 18.1 Å². The SMILES string of the molecule is Cc1ccc(-c2n[nH]c(=S)n2CC(=O)N[C@H](C)c2ccccc2C)cc1. The third-order valence-electron chi connectivity index (χ3n) is 4.40. The zero-order valence-corrected chi connectivity index (χ0v) is 15.9. The first-order valence-electron chi connectivity index (χ1n) is 8.53. The van der Waals surface area contributed by atoms with Crippen LogP contribution in [0.1, 0.15) is 29.7 Å². The lowest BCUT2D eigenvalue weighted by molar-refractivity contribution is -0.122. The number of carbonyl (C=O) groups is 1. The van der Waals surface area contributed by atoms with Crippen molar-refractivity contribution in [2.24, 2.45) is 0 Å². The van der Waals surface area contributed by atoms with Gasteiger partial charge in [0.1, 0.15) is 6.54 Å². The molecule has 1 amide bonds. The average Bonchev–Trinajstić information content (AvgIpc) is 2.96. The normalized spacial score (nSPS) is 12.0. The molecule has 3 rings (SSSR count). The molecule has 5 nitrogen and oxygen atoms in total. The summed E-state index contributed by atoms with van der Waals surface area (Å²) in [7, 11) is 0. The molecule has 2 aromatic carbocycles. The Kier molecular flexibility index (Phi) is 5.32. The van der Waals surface area contributed by atoms with Gasteiger partial charge in [-0.05, 0) is 44.1 Å². The summed E-state index contributed by atoms with van der Waals surface area (Å²) in [4.78, 5) is 12.6. The minimum Gasteiger partial charge on any atom is -0.348 e. The van der Waals surface area contributed by atoms with Gasteiger partial charge in [-0.3, -0.25) is 14.5 Å². The van der Waals surface area contributed by atoms with Crippen molar-refractivity contribution in [3.05, 3.63) is 70.0 Å². The Hall–Kier alpha value is -2.73. The lowest BCUT2D eigenvalue weighted by Gasteiger charge is -2.17. The number of hydrogen-bond acceptors (Lipinski definition) is 3. The van der Waals surface area contributed by atoms with Crippen LogP contribution in [-0.2, 0) is 11.3 Å². The largest absolute Gasteiger partial charge is 0.348 e. The zero-order chi connectivity index (χ0) is 18.7. The van der Waals surface area contributed by atoms with E-state index in [-0.39, 0.29) is 18.5 Å². The molecule has 0 aliphatic heterocycles. The summed E-state index contributed by atoms with van der Waals surface area (Å²) in [6.07, 6.45) is 0. The molecule has 134 valence electrons. The molecule has 0 spiro atoms. The van der Waals surface area contributed by atoms with Crippen LogP contribution in [0.4, 0.5) is 0 Å². The van der Waals surface area contributed by atoms with Gasteiger partial charge in [-0.2, -0.15) is 5.10 Å². The smallest absolute Gasteiger partial charge is 0.240 e. The van der Waals surface area contributed by atoms with Crippen LogP contribution in [0.25, 0.3) is 11.4 Å². The molecule has 0 radical (unpaired) electrons. The van der Waals surface area contributed by atoms with E-state index in [0.717, 1.165) is 16.7 Å². The van der Waals surface area contributed by atoms with E-state index in [9.17, 15) is 4.79 Å². The topological polar surface area (TPSA) is 62.7 Å². The minimum atomic E-state index is -0.105. The fraction of sp³-hybridized carbons (Fsp3) is 0.250. The van der Waals surface area contributed by atoms with E-state index < -0.39 is 0 Å². The molecular weight excluding hydrogens is 344 g/mol. The van der Waals surface area contributed by atoms with E-state index in [2.05, 4.69) is 15.5 Å². The number of H-pyrrole nitrogens is 1. The zero-order valence-electron chi connectivity index (χ0n) is 15.1. The standard InChI is InChI=1S/C20H22N4OS/c1-13-8-10-16(11-9-13)19-22-23-20(26)24(19)12-18(25)21-15(3)17-7-5-4-6-14(17)2/h4-11,15H,12H2,1-3H3,(H,21,25)(H,23,26)/t15-/m1/s1. The van der Waals surface area contributed by atoms with Gasteiger partial charge in [-0.1, -0.05) is 54.1 Å². The second-order valence-electron chi connectivity index (χ2n) is 6.45. The Morgan fingerprint density at radius 1 is 1.19 bits per heavy atom. The predicted molar refractivity (Wildman–Crippen MR) is 105 cm³/mol. The molecule has 1 atom stereocenters. The first-order chi connectivity index (χ1) is 12.5. The number of aromatic amines is 1. The van der Waals surface area contributed by atoms with Crippen molar-refractivity contribution in [3.8, 4) is 11.4 Å². The van der Waals surface area contributed by atoms with E-state index >= 15 is 0 Å². The number of benzene rings is 2. The van der Waals surface area contributed by atoms with Gasteiger partial charge in [0.2, 0.25) is 5.91 Å². The van der Waals surface area contributed by atoms with Gasteiger partial charge in [0.25, 0.3) is 0 Å². The highest BCUT2D eigenvalue weighted by molar-refractivity contribution is 7.71. The molecule has 1 aromatic heterocycles. The summed E-state index contributed by atoms with van der Waals surface area (Å²) in [5, 5.41) is 10.1. The number of amides is 1. The molecule has 0 unspecified atom stereocenters. The molecule has 3 aromatic rings. The molecule has 0 saturated heterocycles. The molecular formula is C20H22N4OS. The summed E-state index contributed by atoms with van der Waals surface area (Å²) >= 11 is 5.31. The van der Waals surface area contributed by atoms with Gasteiger partial charge in [0, 0.05) is 5.56 Å². The molecule has 0 fully saturated rings. The third kappa shape index (κ3) is 3.91. The van der Waals surface area contributed by atoms with Gasteiger partial charge < -0.3 is 5.32 Å². The number of aryl methyl sites for hydroxylation is 2. The van der Waals surface area contributed by atoms with Gasteiger partial charge in [0.05, 0.1) is 6.04 Å². The van der Waals surface area contributed by atoms with E-state index in [1.165, 1.54) is 5.56 Å². The first-order valence-corrected chi connectivity index (χ1v) is 8.93. The summed E-state index contributed by atoms with van der Waals surface area (Å²) < 4.78 is 2.15.